The van der Waals surface area contributed by atoms with Crippen LogP contribution in [0, 0.1) is 5.92 Å². The summed E-state index contributed by atoms with van der Waals surface area (Å²) in [4.78, 5) is 5.81. The van der Waals surface area contributed by atoms with Crippen LogP contribution in [-0.2, 0) is 6.18 Å². The fraction of sp³-hybridized carbons (Fsp3) is 0.643. The van der Waals surface area contributed by atoms with Crippen LogP contribution >= 0.6 is 0 Å². The van der Waals surface area contributed by atoms with Crippen molar-refractivity contribution in [2.75, 3.05) is 38.1 Å². The first-order chi connectivity index (χ1) is 9.99. The molecule has 21 heavy (non-hydrogen) atoms. The minimum atomic E-state index is -4.41. The molecule has 7 heteroatoms. The van der Waals surface area contributed by atoms with Crippen molar-refractivity contribution < 1.29 is 18.3 Å². The molecule has 0 saturated carbocycles. The molecule has 0 unspecified atom stereocenters. The summed E-state index contributed by atoms with van der Waals surface area (Å²) < 4.78 is 37.6. The molecule has 1 aliphatic heterocycles. The Balaban J connectivity index is 1.76. The number of rotatable bonds is 5. The van der Waals surface area contributed by atoms with Crippen LogP contribution in [0.15, 0.2) is 18.2 Å². The van der Waals surface area contributed by atoms with Crippen LogP contribution < -0.4 is 5.32 Å². The number of pyridine rings is 1. The van der Waals surface area contributed by atoms with Gasteiger partial charge in [-0.2, -0.15) is 13.2 Å². The van der Waals surface area contributed by atoms with E-state index in [0.29, 0.717) is 12.5 Å². The highest BCUT2D eigenvalue weighted by Gasteiger charge is 2.32. The third kappa shape index (κ3) is 4.86. The molecule has 0 aliphatic carbocycles. The van der Waals surface area contributed by atoms with Crippen LogP contribution in [-0.4, -0.2) is 47.8 Å². The van der Waals surface area contributed by atoms with Gasteiger partial charge in [0, 0.05) is 19.7 Å². The molecule has 2 rings (SSSR count). The fourth-order valence-electron chi connectivity index (χ4n) is 2.43. The number of nitrogens with zero attached hydrogens (tertiary/aromatic N) is 2. The summed E-state index contributed by atoms with van der Waals surface area (Å²) in [7, 11) is 0. The molecule has 0 bridgehead atoms. The second-order valence-electron chi connectivity index (χ2n) is 5.30. The predicted molar refractivity (Wildman–Crippen MR) is 74.0 cm³/mol. The van der Waals surface area contributed by atoms with E-state index in [1.165, 1.54) is 12.1 Å². The minimum absolute atomic E-state index is 0.236. The predicted octanol–water partition coefficient (Wildman–Crippen LogP) is 2.22. The number of piperidine rings is 1. The molecule has 2 N–H and O–H groups in total. The second-order valence-corrected chi connectivity index (χ2v) is 5.30. The number of hydrogen-bond acceptors (Lipinski definition) is 4. The molecule has 1 aromatic heterocycles. The van der Waals surface area contributed by atoms with Crippen molar-refractivity contribution in [1.29, 1.82) is 0 Å². The average Bonchev–Trinajstić information content (AvgIpc) is 2.47. The molecule has 0 spiro atoms. The molecule has 1 aromatic rings. The van der Waals surface area contributed by atoms with Crippen LogP contribution in [0.2, 0.25) is 0 Å². The van der Waals surface area contributed by atoms with Gasteiger partial charge in [0.15, 0.2) is 0 Å². The van der Waals surface area contributed by atoms with E-state index >= 15 is 0 Å². The van der Waals surface area contributed by atoms with Gasteiger partial charge in [0.1, 0.15) is 11.5 Å². The zero-order valence-corrected chi connectivity index (χ0v) is 11.7. The van der Waals surface area contributed by atoms with Crippen molar-refractivity contribution in [3.05, 3.63) is 23.9 Å². The van der Waals surface area contributed by atoms with Crippen molar-refractivity contribution in [1.82, 2.24) is 9.88 Å². The summed E-state index contributed by atoms with van der Waals surface area (Å²) in [5.41, 5.74) is -0.878. The van der Waals surface area contributed by atoms with E-state index in [1.807, 2.05) is 0 Å². The van der Waals surface area contributed by atoms with Gasteiger partial charge in [-0.1, -0.05) is 6.07 Å². The number of hydrogen-bond donors (Lipinski definition) is 2. The van der Waals surface area contributed by atoms with Gasteiger partial charge in [-0.05, 0) is 44.0 Å². The number of aromatic nitrogens is 1. The zero-order chi connectivity index (χ0) is 15.3. The number of alkyl halides is 3. The lowest BCUT2D eigenvalue weighted by atomic mass is 9.98. The normalized spacial score (nSPS) is 17.9. The standard InChI is InChI=1S/C14H20F3N3O/c15-14(16,17)12-2-1-3-13(19-12)18-6-9-20-7-4-11(10-21)5-8-20/h1-3,11,21H,4-10H2,(H,18,19). The summed E-state index contributed by atoms with van der Waals surface area (Å²) in [6, 6.07) is 3.85. The summed E-state index contributed by atoms with van der Waals surface area (Å²) in [6.45, 7) is 3.39. The van der Waals surface area contributed by atoms with Crippen LogP contribution in [0.3, 0.4) is 0 Å². The number of aliphatic hydroxyl groups excluding tert-OH is 1. The van der Waals surface area contributed by atoms with Gasteiger partial charge < -0.3 is 15.3 Å². The monoisotopic (exact) mass is 303 g/mol. The molecule has 1 aliphatic rings. The van der Waals surface area contributed by atoms with E-state index in [2.05, 4.69) is 15.2 Å². The molecule has 0 aromatic carbocycles. The first kappa shape index (κ1) is 16.0. The smallest absolute Gasteiger partial charge is 0.396 e. The molecule has 2 heterocycles. The molecule has 0 radical (unpaired) electrons. The van der Waals surface area contributed by atoms with Crippen molar-refractivity contribution in [3.63, 3.8) is 0 Å². The Hall–Kier alpha value is -1.34. The number of nitrogens with one attached hydrogen (secondary N) is 1. The van der Waals surface area contributed by atoms with Crippen LogP contribution in [0.25, 0.3) is 0 Å². The Bertz CT molecular complexity index is 445. The number of halogens is 3. The van der Waals surface area contributed by atoms with E-state index in [0.717, 1.165) is 38.5 Å². The molecular weight excluding hydrogens is 283 g/mol. The highest BCUT2D eigenvalue weighted by Crippen LogP contribution is 2.28. The van der Waals surface area contributed by atoms with Crippen LogP contribution in [0.4, 0.5) is 19.0 Å². The van der Waals surface area contributed by atoms with Crippen molar-refractivity contribution in [3.8, 4) is 0 Å². The molecule has 118 valence electrons. The Kier molecular flexibility index (Phi) is 5.41. The summed E-state index contributed by atoms with van der Waals surface area (Å²) in [5.74, 6) is 0.634. The van der Waals surface area contributed by atoms with Crippen molar-refractivity contribution in [2.24, 2.45) is 5.92 Å². The Morgan fingerprint density at radius 3 is 2.62 bits per heavy atom. The summed E-state index contributed by atoms with van der Waals surface area (Å²) in [5, 5.41) is 12.0. The average molecular weight is 303 g/mol. The van der Waals surface area contributed by atoms with E-state index in [-0.39, 0.29) is 12.4 Å². The van der Waals surface area contributed by atoms with Gasteiger partial charge in [-0.3, -0.25) is 0 Å². The quantitative estimate of drug-likeness (QED) is 0.875. The van der Waals surface area contributed by atoms with E-state index in [1.54, 1.807) is 0 Å². The SMILES string of the molecule is OCC1CCN(CCNc2cccc(C(F)(F)F)n2)CC1. The fourth-order valence-corrected chi connectivity index (χ4v) is 2.43. The van der Waals surface area contributed by atoms with Gasteiger partial charge in [0.25, 0.3) is 0 Å². The second kappa shape index (κ2) is 7.09. The van der Waals surface area contributed by atoms with Crippen LogP contribution in [0.1, 0.15) is 18.5 Å². The molecule has 0 atom stereocenters. The lowest BCUT2D eigenvalue weighted by molar-refractivity contribution is -0.141. The minimum Gasteiger partial charge on any atom is -0.396 e. The van der Waals surface area contributed by atoms with E-state index in [9.17, 15) is 13.2 Å². The Morgan fingerprint density at radius 1 is 1.29 bits per heavy atom. The lowest BCUT2D eigenvalue weighted by Gasteiger charge is -2.31. The van der Waals surface area contributed by atoms with Gasteiger partial charge in [0.2, 0.25) is 0 Å². The van der Waals surface area contributed by atoms with Gasteiger partial charge in [-0.25, -0.2) is 4.98 Å². The number of anilines is 1. The highest BCUT2D eigenvalue weighted by atomic mass is 19.4. The molecule has 1 saturated heterocycles. The maximum absolute atomic E-state index is 12.5. The molecule has 0 amide bonds. The third-order valence-electron chi connectivity index (χ3n) is 3.74. The van der Waals surface area contributed by atoms with E-state index in [4.69, 9.17) is 5.11 Å². The highest BCUT2D eigenvalue weighted by molar-refractivity contribution is 5.35. The Morgan fingerprint density at radius 2 is 2.00 bits per heavy atom. The molecular formula is C14H20F3N3O. The van der Waals surface area contributed by atoms with Crippen LogP contribution in [0.5, 0.6) is 0 Å². The first-order valence-corrected chi connectivity index (χ1v) is 7.10. The maximum atomic E-state index is 12.5. The molecule has 4 nitrogen and oxygen atoms in total. The number of aliphatic hydroxyl groups is 1. The van der Waals surface area contributed by atoms with Gasteiger partial charge >= 0.3 is 6.18 Å². The van der Waals surface area contributed by atoms with Crippen molar-refractivity contribution >= 4 is 5.82 Å². The maximum Gasteiger partial charge on any atom is 0.433 e. The topological polar surface area (TPSA) is 48.4 Å². The van der Waals surface area contributed by atoms with Gasteiger partial charge in [0.05, 0.1) is 0 Å². The third-order valence-corrected chi connectivity index (χ3v) is 3.74. The first-order valence-electron chi connectivity index (χ1n) is 7.10. The lowest BCUT2D eigenvalue weighted by Crippen LogP contribution is -2.37. The van der Waals surface area contributed by atoms with E-state index < -0.39 is 11.9 Å². The van der Waals surface area contributed by atoms with Crippen molar-refractivity contribution in [2.45, 2.75) is 19.0 Å². The summed E-state index contributed by atoms with van der Waals surface area (Å²) in [6.07, 6.45) is -2.47. The molecule has 1 fully saturated rings. The Labute approximate surface area is 122 Å². The number of likely N-dealkylation sites (tertiary alicyclic amines) is 1. The zero-order valence-electron chi connectivity index (χ0n) is 11.7. The largest absolute Gasteiger partial charge is 0.433 e. The van der Waals surface area contributed by atoms with Gasteiger partial charge in [-0.15, -0.1) is 0 Å². The summed E-state index contributed by atoms with van der Waals surface area (Å²) >= 11 is 0.